The minimum atomic E-state index is -4.46. The molecule has 0 unspecified atom stereocenters. The van der Waals surface area contributed by atoms with Crippen LogP contribution in [0.4, 0.5) is 13.2 Å². The molecule has 1 amide bonds. The molecule has 4 rings (SSSR count). The van der Waals surface area contributed by atoms with Crippen LogP contribution in [0.15, 0.2) is 48.7 Å². The molecule has 0 bridgehead atoms. The molecule has 1 saturated heterocycles. The Morgan fingerprint density at radius 2 is 1.69 bits per heavy atom. The molecule has 0 spiro atoms. The summed E-state index contributed by atoms with van der Waals surface area (Å²) in [5, 5.41) is 0.710. The Bertz CT molecular complexity index is 1260. The van der Waals surface area contributed by atoms with Gasteiger partial charge in [-0.1, -0.05) is 26.8 Å². The van der Waals surface area contributed by atoms with Crippen LogP contribution in [0, 0.1) is 5.41 Å². The van der Waals surface area contributed by atoms with Crippen LogP contribution in [-0.4, -0.2) is 64.2 Å². The van der Waals surface area contributed by atoms with E-state index >= 15 is 0 Å². The Balaban J connectivity index is 1.39. The molecule has 0 radical (unpaired) electrons. The smallest absolute Gasteiger partial charge is 0.417 e. The first-order chi connectivity index (χ1) is 16.9. The van der Waals surface area contributed by atoms with Crippen LogP contribution in [0.2, 0.25) is 0 Å². The lowest BCUT2D eigenvalue weighted by Crippen LogP contribution is -2.51. The average molecular weight is 501 g/mol. The molecule has 2 aromatic heterocycles. The standard InChI is InChI=1S/C26H27F3N4O3/c1-25(2,3)22(34)16-32-10-12-33(13-11-32)24(35)21-7-4-17-14-19(6-8-20(17)31-21)36-23-9-5-18(15-30-23)26(27,28)29/h4-9,14-15H,10-13,16H2,1-3H3. The number of halogens is 3. The first-order valence-corrected chi connectivity index (χ1v) is 11.6. The second-order valence-electron chi connectivity index (χ2n) is 9.78. The van der Waals surface area contributed by atoms with Crippen LogP contribution in [0.25, 0.3) is 10.9 Å². The van der Waals surface area contributed by atoms with Gasteiger partial charge >= 0.3 is 6.18 Å². The van der Waals surface area contributed by atoms with Crippen molar-refractivity contribution < 1.29 is 27.5 Å². The number of carbonyl (C=O) groups excluding carboxylic acids is 2. The molecular weight excluding hydrogens is 473 g/mol. The molecule has 0 atom stereocenters. The highest BCUT2D eigenvalue weighted by molar-refractivity contribution is 5.95. The number of Topliss-reactive ketones (excluding diaryl/α,β-unsaturated/α-hetero) is 1. The maximum atomic E-state index is 13.0. The number of ether oxygens (including phenoxy) is 1. The van der Waals surface area contributed by atoms with Crippen molar-refractivity contribution in [3.8, 4) is 11.6 Å². The van der Waals surface area contributed by atoms with Crippen molar-refractivity contribution in [1.82, 2.24) is 19.8 Å². The zero-order valence-corrected chi connectivity index (χ0v) is 20.3. The number of amides is 1. The number of fused-ring (bicyclic) bond motifs is 1. The van der Waals surface area contributed by atoms with Crippen molar-refractivity contribution in [2.75, 3.05) is 32.7 Å². The highest BCUT2D eigenvalue weighted by Gasteiger charge is 2.31. The summed E-state index contributed by atoms with van der Waals surface area (Å²) in [6.07, 6.45) is -3.74. The summed E-state index contributed by atoms with van der Waals surface area (Å²) in [7, 11) is 0. The summed E-state index contributed by atoms with van der Waals surface area (Å²) >= 11 is 0. The van der Waals surface area contributed by atoms with Crippen LogP contribution < -0.4 is 4.74 Å². The lowest BCUT2D eigenvalue weighted by atomic mass is 9.90. The minimum Gasteiger partial charge on any atom is -0.439 e. The molecule has 1 aromatic carbocycles. The van der Waals surface area contributed by atoms with Gasteiger partial charge in [0.25, 0.3) is 5.91 Å². The molecule has 7 nitrogen and oxygen atoms in total. The van der Waals surface area contributed by atoms with Gasteiger partial charge < -0.3 is 9.64 Å². The van der Waals surface area contributed by atoms with Crippen molar-refractivity contribution in [2.45, 2.75) is 26.9 Å². The number of pyridine rings is 2. The van der Waals surface area contributed by atoms with Gasteiger partial charge in [-0.25, -0.2) is 9.97 Å². The quantitative estimate of drug-likeness (QED) is 0.500. The maximum Gasteiger partial charge on any atom is 0.417 e. The Kier molecular flexibility index (Phi) is 6.99. The van der Waals surface area contributed by atoms with Gasteiger partial charge in [-0.15, -0.1) is 0 Å². The fraction of sp³-hybridized carbons (Fsp3) is 0.385. The lowest BCUT2D eigenvalue weighted by molar-refractivity contribution is -0.137. The molecule has 0 aliphatic carbocycles. The van der Waals surface area contributed by atoms with Crippen LogP contribution in [-0.2, 0) is 11.0 Å². The summed E-state index contributed by atoms with van der Waals surface area (Å²) in [6, 6.07) is 10.4. The maximum absolute atomic E-state index is 13.0. The van der Waals surface area contributed by atoms with Gasteiger partial charge in [-0.2, -0.15) is 13.2 Å². The number of nitrogens with zero attached hydrogens (tertiary/aromatic N) is 4. The van der Waals surface area contributed by atoms with Crippen molar-refractivity contribution in [1.29, 1.82) is 0 Å². The first kappa shape index (κ1) is 25.6. The number of hydrogen-bond acceptors (Lipinski definition) is 6. The Labute approximate surface area is 206 Å². The topological polar surface area (TPSA) is 75.6 Å². The Morgan fingerprint density at radius 1 is 0.972 bits per heavy atom. The number of piperazine rings is 1. The molecule has 1 fully saturated rings. The number of rotatable bonds is 5. The summed E-state index contributed by atoms with van der Waals surface area (Å²) in [5.74, 6) is 0.422. The normalized spacial score (nSPS) is 15.2. The lowest BCUT2D eigenvalue weighted by Gasteiger charge is -2.35. The number of alkyl halides is 3. The molecule has 10 heteroatoms. The van der Waals surface area contributed by atoms with E-state index in [4.69, 9.17) is 4.74 Å². The monoisotopic (exact) mass is 500 g/mol. The summed E-state index contributed by atoms with van der Waals surface area (Å²) in [5.41, 5.74) is -0.335. The van der Waals surface area contributed by atoms with Gasteiger partial charge in [0.05, 0.1) is 17.6 Å². The summed E-state index contributed by atoms with van der Waals surface area (Å²) in [6.45, 7) is 8.38. The van der Waals surface area contributed by atoms with Crippen LogP contribution >= 0.6 is 0 Å². The largest absolute Gasteiger partial charge is 0.439 e. The number of hydrogen-bond donors (Lipinski definition) is 0. The third-order valence-corrected chi connectivity index (χ3v) is 6.03. The fourth-order valence-electron chi connectivity index (χ4n) is 3.73. The van der Waals surface area contributed by atoms with Gasteiger partial charge in [0.1, 0.15) is 11.4 Å². The predicted molar refractivity (Wildman–Crippen MR) is 128 cm³/mol. The van der Waals surface area contributed by atoms with Crippen molar-refractivity contribution in [3.05, 3.63) is 59.9 Å². The zero-order chi connectivity index (χ0) is 26.1. The van der Waals surface area contributed by atoms with Gasteiger partial charge in [-0.3, -0.25) is 14.5 Å². The van der Waals surface area contributed by atoms with Crippen LogP contribution in [0.3, 0.4) is 0 Å². The Hall–Kier alpha value is -3.53. The van der Waals surface area contributed by atoms with E-state index in [0.717, 1.165) is 18.3 Å². The number of carbonyl (C=O) groups is 2. The molecule has 0 saturated carbocycles. The van der Waals surface area contributed by atoms with E-state index in [1.54, 1.807) is 35.2 Å². The predicted octanol–water partition coefficient (Wildman–Crippen LogP) is 4.81. The molecule has 0 N–H and O–H groups in total. The second-order valence-corrected chi connectivity index (χ2v) is 9.78. The highest BCUT2D eigenvalue weighted by atomic mass is 19.4. The summed E-state index contributed by atoms with van der Waals surface area (Å²) < 4.78 is 43.7. The zero-order valence-electron chi connectivity index (χ0n) is 20.3. The van der Waals surface area contributed by atoms with E-state index in [-0.39, 0.29) is 23.0 Å². The average Bonchev–Trinajstić information content (AvgIpc) is 2.83. The fourth-order valence-corrected chi connectivity index (χ4v) is 3.73. The molecule has 3 heterocycles. The third-order valence-electron chi connectivity index (χ3n) is 6.03. The van der Waals surface area contributed by atoms with Crippen molar-refractivity contribution in [3.63, 3.8) is 0 Å². The van der Waals surface area contributed by atoms with Crippen molar-refractivity contribution >= 4 is 22.6 Å². The van der Waals surface area contributed by atoms with Gasteiger partial charge in [0, 0.05) is 49.2 Å². The highest BCUT2D eigenvalue weighted by Crippen LogP contribution is 2.30. The molecule has 1 aliphatic heterocycles. The summed E-state index contributed by atoms with van der Waals surface area (Å²) in [4.78, 5) is 37.3. The van der Waals surface area contributed by atoms with Crippen LogP contribution in [0.1, 0.15) is 36.8 Å². The van der Waals surface area contributed by atoms with E-state index in [9.17, 15) is 22.8 Å². The second kappa shape index (κ2) is 9.85. The first-order valence-electron chi connectivity index (χ1n) is 11.6. The number of aromatic nitrogens is 2. The van der Waals surface area contributed by atoms with Crippen molar-refractivity contribution in [2.24, 2.45) is 5.41 Å². The molecule has 3 aromatic rings. The van der Waals surface area contributed by atoms with Gasteiger partial charge in [-0.05, 0) is 30.3 Å². The molecule has 1 aliphatic rings. The van der Waals surface area contributed by atoms with E-state index in [1.165, 1.54) is 0 Å². The SMILES string of the molecule is CC(C)(C)C(=O)CN1CCN(C(=O)c2ccc3cc(Oc4ccc(C(F)(F)F)cn4)ccc3n2)CC1. The van der Waals surface area contributed by atoms with E-state index in [0.29, 0.717) is 55.1 Å². The van der Waals surface area contributed by atoms with E-state index in [2.05, 4.69) is 14.9 Å². The Morgan fingerprint density at radius 3 is 2.31 bits per heavy atom. The van der Waals surface area contributed by atoms with Gasteiger partial charge in [0.15, 0.2) is 5.78 Å². The molecular formula is C26H27F3N4O3. The third kappa shape index (κ3) is 5.99. The minimum absolute atomic E-state index is 0.0328. The number of benzene rings is 1. The molecule has 36 heavy (non-hydrogen) atoms. The molecule has 190 valence electrons. The van der Waals surface area contributed by atoms with Crippen LogP contribution in [0.5, 0.6) is 11.6 Å². The van der Waals surface area contributed by atoms with E-state index < -0.39 is 11.7 Å². The number of ketones is 1. The van der Waals surface area contributed by atoms with Gasteiger partial charge in [0.2, 0.25) is 5.88 Å². The van der Waals surface area contributed by atoms with E-state index in [1.807, 2.05) is 20.8 Å².